The Kier molecular flexibility index (Phi) is 7.79. The highest BCUT2D eigenvalue weighted by molar-refractivity contribution is 7.93. The van der Waals surface area contributed by atoms with Gasteiger partial charge in [-0.3, -0.25) is 13.8 Å². The number of carbonyl (C=O) groups excluding carboxylic acids is 1. The van der Waals surface area contributed by atoms with Gasteiger partial charge in [0.05, 0.1) is 15.5 Å². The quantitative estimate of drug-likeness (QED) is 0.320. The monoisotopic (exact) mass is 550 g/mol. The molecule has 4 rings (SSSR count). The molecule has 1 heterocycles. The Hall–Kier alpha value is -4.22. The molecule has 0 aliphatic rings. The molecular formula is C27H26N4O5S2. The second-order valence-corrected chi connectivity index (χ2v) is 12.1. The molecule has 0 fully saturated rings. The fourth-order valence-electron chi connectivity index (χ4n) is 3.60. The van der Waals surface area contributed by atoms with E-state index in [2.05, 4.69) is 15.0 Å². The van der Waals surface area contributed by atoms with Gasteiger partial charge in [-0.15, -0.1) is 0 Å². The zero-order valence-electron chi connectivity index (χ0n) is 20.7. The van der Waals surface area contributed by atoms with Gasteiger partial charge in [-0.1, -0.05) is 35.9 Å². The molecule has 1 aromatic heterocycles. The van der Waals surface area contributed by atoms with Crippen molar-refractivity contribution in [3.8, 4) is 0 Å². The van der Waals surface area contributed by atoms with Gasteiger partial charge in [-0.05, 0) is 80.1 Å². The number of nitrogens with zero attached hydrogens (tertiary/aromatic N) is 2. The summed E-state index contributed by atoms with van der Waals surface area (Å²) in [6, 6.07) is 23.6. The first-order chi connectivity index (χ1) is 18.0. The third-order valence-electron chi connectivity index (χ3n) is 5.54. The largest absolute Gasteiger partial charge is 0.325 e. The van der Waals surface area contributed by atoms with E-state index in [1.165, 1.54) is 48.7 Å². The Balaban J connectivity index is 1.53. The molecule has 0 saturated carbocycles. The van der Waals surface area contributed by atoms with Crippen LogP contribution in [0.2, 0.25) is 0 Å². The first-order valence-electron chi connectivity index (χ1n) is 11.5. The first kappa shape index (κ1) is 26.8. The van der Waals surface area contributed by atoms with Crippen molar-refractivity contribution >= 4 is 43.1 Å². The first-order valence-corrected chi connectivity index (χ1v) is 14.5. The predicted molar refractivity (Wildman–Crippen MR) is 147 cm³/mol. The van der Waals surface area contributed by atoms with Crippen molar-refractivity contribution in [1.29, 1.82) is 0 Å². The summed E-state index contributed by atoms with van der Waals surface area (Å²) in [5.74, 6) is -0.416. The fourth-order valence-corrected chi connectivity index (χ4v) is 6.02. The van der Waals surface area contributed by atoms with Crippen molar-refractivity contribution in [3.63, 3.8) is 0 Å². The number of rotatable bonds is 9. The zero-order chi connectivity index (χ0) is 27.3. The standard InChI is InChI=1S/C27H26N4O5S2/c1-20-9-13-25(14-10-20)38(35,36)31(23-7-5-6-21(2)18-23)19-27(32)29-22-11-15-24(16-12-22)37(33,34)30-26-8-3-4-17-28-26/h3-18H,19H2,1-2H3,(H,28,30)(H,29,32). The molecule has 4 aromatic rings. The lowest BCUT2D eigenvalue weighted by atomic mass is 10.2. The number of carbonyl (C=O) groups is 1. The maximum atomic E-state index is 13.5. The minimum Gasteiger partial charge on any atom is -0.325 e. The number of benzene rings is 3. The van der Waals surface area contributed by atoms with Crippen molar-refractivity contribution in [2.24, 2.45) is 0 Å². The third kappa shape index (κ3) is 6.36. The number of sulfonamides is 2. The molecular weight excluding hydrogens is 524 g/mol. The number of hydrogen-bond acceptors (Lipinski definition) is 6. The van der Waals surface area contributed by atoms with Gasteiger partial charge in [0, 0.05) is 11.9 Å². The average Bonchev–Trinajstić information content (AvgIpc) is 2.88. The fraction of sp³-hybridized carbons (Fsp3) is 0.111. The number of hydrogen-bond donors (Lipinski definition) is 2. The molecule has 0 atom stereocenters. The van der Waals surface area contributed by atoms with Crippen LogP contribution in [0.1, 0.15) is 11.1 Å². The van der Waals surface area contributed by atoms with E-state index in [1.54, 1.807) is 42.5 Å². The van der Waals surface area contributed by atoms with Gasteiger partial charge < -0.3 is 5.32 Å². The zero-order valence-corrected chi connectivity index (χ0v) is 22.3. The van der Waals surface area contributed by atoms with Gasteiger partial charge >= 0.3 is 0 Å². The minimum atomic E-state index is -4.05. The third-order valence-corrected chi connectivity index (χ3v) is 8.70. The lowest BCUT2D eigenvalue weighted by Crippen LogP contribution is -2.38. The van der Waals surface area contributed by atoms with E-state index in [0.29, 0.717) is 11.4 Å². The van der Waals surface area contributed by atoms with E-state index in [-0.39, 0.29) is 15.6 Å². The van der Waals surface area contributed by atoms with Crippen LogP contribution in [0.3, 0.4) is 0 Å². The van der Waals surface area contributed by atoms with Crippen molar-refractivity contribution < 1.29 is 21.6 Å². The summed E-state index contributed by atoms with van der Waals surface area (Å²) in [7, 11) is -7.94. The summed E-state index contributed by atoms with van der Waals surface area (Å²) in [6.45, 7) is 3.20. The van der Waals surface area contributed by atoms with Gasteiger partial charge in [-0.2, -0.15) is 0 Å². The van der Waals surface area contributed by atoms with Crippen molar-refractivity contribution in [2.75, 3.05) is 20.9 Å². The van der Waals surface area contributed by atoms with Crippen LogP contribution in [0.25, 0.3) is 0 Å². The molecule has 196 valence electrons. The highest BCUT2D eigenvalue weighted by Gasteiger charge is 2.27. The lowest BCUT2D eigenvalue weighted by molar-refractivity contribution is -0.114. The van der Waals surface area contributed by atoms with Crippen molar-refractivity contribution in [1.82, 2.24) is 4.98 Å². The number of nitrogens with one attached hydrogen (secondary N) is 2. The Bertz CT molecular complexity index is 1640. The van der Waals surface area contributed by atoms with Crippen LogP contribution < -0.4 is 14.3 Å². The Labute approximate surface area is 222 Å². The molecule has 2 N–H and O–H groups in total. The number of aryl methyl sites for hydroxylation is 2. The molecule has 3 aromatic carbocycles. The molecule has 0 unspecified atom stereocenters. The maximum Gasteiger partial charge on any atom is 0.264 e. The molecule has 9 nitrogen and oxygen atoms in total. The number of anilines is 3. The van der Waals surface area contributed by atoms with E-state index < -0.39 is 32.5 Å². The lowest BCUT2D eigenvalue weighted by Gasteiger charge is -2.24. The second-order valence-electron chi connectivity index (χ2n) is 8.56. The highest BCUT2D eigenvalue weighted by atomic mass is 32.2. The summed E-state index contributed by atoms with van der Waals surface area (Å²) in [5.41, 5.74) is 2.40. The van der Waals surface area contributed by atoms with Crippen LogP contribution in [-0.4, -0.2) is 34.3 Å². The molecule has 11 heteroatoms. The molecule has 0 saturated heterocycles. The highest BCUT2D eigenvalue weighted by Crippen LogP contribution is 2.25. The summed E-state index contributed by atoms with van der Waals surface area (Å²) in [4.78, 5) is 17.0. The van der Waals surface area contributed by atoms with Gasteiger partial charge in [0.2, 0.25) is 5.91 Å². The van der Waals surface area contributed by atoms with Crippen LogP contribution in [0, 0.1) is 13.8 Å². The van der Waals surface area contributed by atoms with Crippen LogP contribution in [0.15, 0.2) is 107 Å². The molecule has 0 aliphatic carbocycles. The number of aromatic nitrogens is 1. The maximum absolute atomic E-state index is 13.5. The van der Waals surface area contributed by atoms with E-state index in [4.69, 9.17) is 0 Å². The Morgan fingerprint density at radius 2 is 1.47 bits per heavy atom. The van der Waals surface area contributed by atoms with E-state index in [9.17, 15) is 21.6 Å². The molecule has 0 bridgehead atoms. The number of amides is 1. The van der Waals surface area contributed by atoms with E-state index >= 15 is 0 Å². The van der Waals surface area contributed by atoms with Crippen molar-refractivity contribution in [3.05, 3.63) is 108 Å². The Morgan fingerprint density at radius 1 is 0.789 bits per heavy atom. The Morgan fingerprint density at radius 3 is 2.11 bits per heavy atom. The summed E-state index contributed by atoms with van der Waals surface area (Å²) in [5, 5.41) is 2.65. The van der Waals surface area contributed by atoms with Gasteiger partial charge in [0.25, 0.3) is 20.0 Å². The van der Waals surface area contributed by atoms with Gasteiger partial charge in [0.15, 0.2) is 0 Å². The van der Waals surface area contributed by atoms with E-state index in [1.807, 2.05) is 19.9 Å². The predicted octanol–water partition coefficient (Wildman–Crippen LogP) is 4.33. The second kappa shape index (κ2) is 11.0. The molecule has 0 aliphatic heterocycles. The van der Waals surface area contributed by atoms with Crippen LogP contribution >= 0.6 is 0 Å². The average molecular weight is 551 g/mol. The van der Waals surface area contributed by atoms with Crippen LogP contribution in [-0.2, 0) is 24.8 Å². The normalized spacial score (nSPS) is 11.5. The van der Waals surface area contributed by atoms with E-state index in [0.717, 1.165) is 15.4 Å². The number of pyridine rings is 1. The minimum absolute atomic E-state index is 0.0236. The summed E-state index contributed by atoms with van der Waals surface area (Å²) < 4.78 is 55.7. The molecule has 38 heavy (non-hydrogen) atoms. The topological polar surface area (TPSA) is 126 Å². The summed E-state index contributed by atoms with van der Waals surface area (Å²) >= 11 is 0. The SMILES string of the molecule is Cc1ccc(S(=O)(=O)N(CC(=O)Nc2ccc(S(=O)(=O)Nc3ccccn3)cc2)c2cccc(C)c2)cc1. The van der Waals surface area contributed by atoms with Gasteiger partial charge in [0.1, 0.15) is 12.4 Å². The van der Waals surface area contributed by atoms with Crippen molar-refractivity contribution in [2.45, 2.75) is 23.6 Å². The molecule has 0 spiro atoms. The smallest absolute Gasteiger partial charge is 0.264 e. The van der Waals surface area contributed by atoms with Crippen LogP contribution in [0.5, 0.6) is 0 Å². The molecule has 0 radical (unpaired) electrons. The summed E-state index contributed by atoms with van der Waals surface area (Å²) in [6.07, 6.45) is 1.47. The van der Waals surface area contributed by atoms with Gasteiger partial charge in [-0.25, -0.2) is 21.8 Å². The van der Waals surface area contributed by atoms with Crippen LogP contribution in [0.4, 0.5) is 17.2 Å². The molecule has 1 amide bonds.